The van der Waals surface area contributed by atoms with Gasteiger partial charge in [0.1, 0.15) is 18.5 Å². The summed E-state index contributed by atoms with van der Waals surface area (Å²) in [5.74, 6) is 0.778. The summed E-state index contributed by atoms with van der Waals surface area (Å²) in [6.07, 6.45) is -0.569. The van der Waals surface area contributed by atoms with Crippen LogP contribution in [0.2, 0.25) is 0 Å². The van der Waals surface area contributed by atoms with E-state index in [9.17, 15) is 5.11 Å². The Morgan fingerprint density at radius 3 is 2.22 bits per heavy atom. The van der Waals surface area contributed by atoms with Gasteiger partial charge in [-0.1, -0.05) is 48.8 Å². The van der Waals surface area contributed by atoms with E-state index in [1.165, 1.54) is 5.56 Å². The standard InChI is InChI=1S/C19H24BrNO2/c1-19(2,3)14-4-10-18(11-5-14)23-13-17(22)12-21-16-8-6-15(20)7-9-16/h4-11,17,21-22H,12-13H2,1-3H3/t17-/m0/s1. The van der Waals surface area contributed by atoms with Crippen LogP contribution >= 0.6 is 15.9 Å². The number of anilines is 1. The van der Waals surface area contributed by atoms with E-state index in [0.29, 0.717) is 6.54 Å². The van der Waals surface area contributed by atoms with Gasteiger partial charge in [-0.15, -0.1) is 0 Å². The summed E-state index contributed by atoms with van der Waals surface area (Å²) in [7, 11) is 0. The minimum absolute atomic E-state index is 0.132. The summed E-state index contributed by atoms with van der Waals surface area (Å²) < 4.78 is 6.68. The van der Waals surface area contributed by atoms with Gasteiger partial charge < -0.3 is 15.2 Å². The molecule has 2 rings (SSSR count). The zero-order valence-corrected chi connectivity index (χ0v) is 15.4. The first-order valence-corrected chi connectivity index (χ1v) is 8.55. The molecule has 1 atom stereocenters. The second-order valence-electron chi connectivity index (χ2n) is 6.63. The topological polar surface area (TPSA) is 41.5 Å². The zero-order valence-electron chi connectivity index (χ0n) is 13.8. The van der Waals surface area contributed by atoms with E-state index in [1.807, 2.05) is 36.4 Å². The van der Waals surface area contributed by atoms with Crippen molar-refractivity contribution in [2.24, 2.45) is 0 Å². The highest BCUT2D eigenvalue weighted by molar-refractivity contribution is 9.10. The van der Waals surface area contributed by atoms with Crippen LogP contribution in [0.1, 0.15) is 26.3 Å². The highest BCUT2D eigenvalue weighted by Crippen LogP contribution is 2.24. The molecule has 0 aliphatic carbocycles. The summed E-state index contributed by atoms with van der Waals surface area (Å²) in [6.45, 7) is 7.25. The van der Waals surface area contributed by atoms with Crippen molar-refractivity contribution in [3.63, 3.8) is 0 Å². The van der Waals surface area contributed by atoms with Crippen molar-refractivity contribution in [2.75, 3.05) is 18.5 Å². The van der Waals surface area contributed by atoms with Crippen LogP contribution in [0.25, 0.3) is 0 Å². The second-order valence-corrected chi connectivity index (χ2v) is 7.54. The van der Waals surface area contributed by atoms with Crippen LogP contribution in [0.5, 0.6) is 5.75 Å². The quantitative estimate of drug-likeness (QED) is 0.772. The first kappa shape index (κ1) is 17.8. The predicted octanol–water partition coefficient (Wildman–Crippen LogP) is 4.60. The van der Waals surface area contributed by atoms with E-state index in [2.05, 4.69) is 54.2 Å². The Kier molecular flexibility index (Phi) is 6.08. The fourth-order valence-corrected chi connectivity index (χ4v) is 2.37. The summed E-state index contributed by atoms with van der Waals surface area (Å²) in [4.78, 5) is 0. The maximum absolute atomic E-state index is 10.0. The van der Waals surface area contributed by atoms with Gasteiger partial charge >= 0.3 is 0 Å². The van der Waals surface area contributed by atoms with Crippen molar-refractivity contribution in [3.05, 3.63) is 58.6 Å². The molecular formula is C19H24BrNO2. The lowest BCUT2D eigenvalue weighted by Crippen LogP contribution is -2.26. The molecule has 4 heteroatoms. The third-order valence-electron chi connectivity index (χ3n) is 3.55. The van der Waals surface area contributed by atoms with Gasteiger partial charge in [-0.2, -0.15) is 0 Å². The number of hydrogen-bond acceptors (Lipinski definition) is 3. The smallest absolute Gasteiger partial charge is 0.119 e. The van der Waals surface area contributed by atoms with Crippen LogP contribution in [0, 0.1) is 0 Å². The summed E-state index contributed by atoms with van der Waals surface area (Å²) in [5.41, 5.74) is 2.37. The fraction of sp³-hybridized carbons (Fsp3) is 0.368. The molecule has 0 spiro atoms. The molecule has 0 aliphatic rings. The molecular weight excluding hydrogens is 354 g/mol. The minimum atomic E-state index is -0.569. The van der Waals surface area contributed by atoms with E-state index in [-0.39, 0.29) is 12.0 Å². The van der Waals surface area contributed by atoms with E-state index >= 15 is 0 Å². The molecule has 0 radical (unpaired) electrons. The highest BCUT2D eigenvalue weighted by Gasteiger charge is 2.13. The lowest BCUT2D eigenvalue weighted by Gasteiger charge is -2.19. The van der Waals surface area contributed by atoms with Gasteiger partial charge in [0, 0.05) is 16.7 Å². The zero-order chi connectivity index (χ0) is 16.9. The van der Waals surface area contributed by atoms with Crippen LogP contribution in [0.15, 0.2) is 53.0 Å². The number of aliphatic hydroxyl groups is 1. The van der Waals surface area contributed by atoms with Crippen LogP contribution < -0.4 is 10.1 Å². The molecule has 0 bridgehead atoms. The summed E-state index contributed by atoms with van der Waals surface area (Å²) in [6, 6.07) is 15.9. The van der Waals surface area contributed by atoms with E-state index in [4.69, 9.17) is 4.74 Å². The molecule has 2 aromatic rings. The lowest BCUT2D eigenvalue weighted by molar-refractivity contribution is 0.117. The van der Waals surface area contributed by atoms with Crippen LogP contribution in [0.4, 0.5) is 5.69 Å². The second kappa shape index (κ2) is 7.84. The maximum Gasteiger partial charge on any atom is 0.119 e. The number of ether oxygens (including phenoxy) is 1. The normalized spacial score (nSPS) is 12.7. The molecule has 2 aromatic carbocycles. The van der Waals surface area contributed by atoms with Gasteiger partial charge in [0.15, 0.2) is 0 Å². The Balaban J connectivity index is 1.77. The van der Waals surface area contributed by atoms with Crippen molar-refractivity contribution >= 4 is 21.6 Å². The number of benzene rings is 2. The van der Waals surface area contributed by atoms with E-state index in [1.54, 1.807) is 0 Å². The summed E-state index contributed by atoms with van der Waals surface area (Å²) >= 11 is 3.40. The monoisotopic (exact) mass is 377 g/mol. The van der Waals surface area contributed by atoms with Crippen LogP contribution in [-0.2, 0) is 5.41 Å². The molecule has 0 aromatic heterocycles. The Labute approximate surface area is 146 Å². The number of hydrogen-bond donors (Lipinski definition) is 2. The van der Waals surface area contributed by atoms with Crippen molar-refractivity contribution in [2.45, 2.75) is 32.3 Å². The average molecular weight is 378 g/mol. The Morgan fingerprint density at radius 2 is 1.65 bits per heavy atom. The molecule has 2 N–H and O–H groups in total. The largest absolute Gasteiger partial charge is 0.491 e. The first-order chi connectivity index (χ1) is 10.8. The van der Waals surface area contributed by atoms with Gasteiger partial charge in [0.25, 0.3) is 0 Å². The highest BCUT2D eigenvalue weighted by atomic mass is 79.9. The molecule has 0 unspecified atom stereocenters. The third kappa shape index (κ3) is 5.88. The SMILES string of the molecule is CC(C)(C)c1ccc(OC[C@@H](O)CNc2ccc(Br)cc2)cc1. The Morgan fingerprint density at radius 1 is 1.04 bits per heavy atom. The lowest BCUT2D eigenvalue weighted by atomic mass is 9.87. The van der Waals surface area contributed by atoms with Crippen molar-refractivity contribution in [1.82, 2.24) is 0 Å². The number of aliphatic hydroxyl groups excluding tert-OH is 1. The van der Waals surface area contributed by atoms with E-state index < -0.39 is 6.10 Å². The average Bonchev–Trinajstić information content (AvgIpc) is 2.52. The Hall–Kier alpha value is -1.52. The van der Waals surface area contributed by atoms with Gasteiger partial charge in [-0.05, 0) is 47.4 Å². The predicted molar refractivity (Wildman–Crippen MR) is 99.3 cm³/mol. The third-order valence-corrected chi connectivity index (χ3v) is 4.08. The van der Waals surface area contributed by atoms with Crippen molar-refractivity contribution in [1.29, 1.82) is 0 Å². The van der Waals surface area contributed by atoms with Crippen molar-refractivity contribution in [3.8, 4) is 5.75 Å². The molecule has 0 saturated heterocycles. The minimum Gasteiger partial charge on any atom is -0.491 e. The van der Waals surface area contributed by atoms with Crippen LogP contribution in [0.3, 0.4) is 0 Å². The molecule has 0 aliphatic heterocycles. The van der Waals surface area contributed by atoms with Gasteiger partial charge in [-0.3, -0.25) is 0 Å². The molecule has 0 saturated carbocycles. The maximum atomic E-state index is 10.0. The fourth-order valence-electron chi connectivity index (χ4n) is 2.11. The Bertz CT molecular complexity index is 603. The molecule has 0 heterocycles. The summed E-state index contributed by atoms with van der Waals surface area (Å²) in [5, 5.41) is 13.2. The number of rotatable bonds is 6. The first-order valence-electron chi connectivity index (χ1n) is 7.75. The van der Waals surface area contributed by atoms with Gasteiger partial charge in [-0.25, -0.2) is 0 Å². The molecule has 0 amide bonds. The molecule has 3 nitrogen and oxygen atoms in total. The van der Waals surface area contributed by atoms with Crippen LogP contribution in [-0.4, -0.2) is 24.4 Å². The number of nitrogens with one attached hydrogen (secondary N) is 1. The number of halogens is 1. The van der Waals surface area contributed by atoms with Gasteiger partial charge in [0.2, 0.25) is 0 Å². The molecule has 23 heavy (non-hydrogen) atoms. The molecule has 0 fully saturated rings. The van der Waals surface area contributed by atoms with Crippen molar-refractivity contribution < 1.29 is 9.84 Å². The van der Waals surface area contributed by atoms with E-state index in [0.717, 1.165) is 15.9 Å². The molecule has 124 valence electrons. The van der Waals surface area contributed by atoms with Gasteiger partial charge in [0.05, 0.1) is 0 Å².